The number of para-hydroxylation sites is 1. The predicted molar refractivity (Wildman–Crippen MR) is 117 cm³/mol. The quantitative estimate of drug-likeness (QED) is 0.371. The van der Waals surface area contributed by atoms with Crippen LogP contribution >= 0.6 is 0 Å². The highest BCUT2D eigenvalue weighted by molar-refractivity contribution is 5.85. The van der Waals surface area contributed by atoms with E-state index < -0.39 is 0 Å². The normalized spacial score (nSPS) is 10.8. The molecule has 0 radical (unpaired) electrons. The second-order valence-corrected chi connectivity index (χ2v) is 6.33. The Labute approximate surface area is 173 Å². The summed E-state index contributed by atoms with van der Waals surface area (Å²) in [6.45, 7) is 0. The van der Waals surface area contributed by atoms with Crippen LogP contribution in [-0.2, 0) is 0 Å². The van der Waals surface area contributed by atoms with Crippen LogP contribution in [0.5, 0.6) is 11.5 Å². The topological polar surface area (TPSA) is 92.5 Å². The second-order valence-electron chi connectivity index (χ2n) is 6.33. The number of rotatable bonds is 6. The molecule has 0 aliphatic rings. The molecule has 4 rings (SSSR count). The van der Waals surface area contributed by atoms with Crippen LogP contribution < -0.4 is 10.2 Å². The number of phenolic OH excluding ortho intramolecular Hbond substituents is 1. The van der Waals surface area contributed by atoms with Crippen LogP contribution in [0.3, 0.4) is 0 Å². The lowest BCUT2D eigenvalue weighted by atomic mass is 10.0. The number of benzene rings is 3. The summed E-state index contributed by atoms with van der Waals surface area (Å²) in [5.41, 5.74) is 6.50. The molecule has 0 saturated heterocycles. The van der Waals surface area contributed by atoms with Crippen molar-refractivity contribution in [1.82, 2.24) is 15.2 Å². The summed E-state index contributed by atoms with van der Waals surface area (Å²) in [6, 6.07) is 24.7. The van der Waals surface area contributed by atoms with Crippen LogP contribution in [0.25, 0.3) is 22.5 Å². The number of hydrogen-bond acceptors (Lipinski definition) is 7. The molecule has 0 spiro atoms. The van der Waals surface area contributed by atoms with E-state index in [0.29, 0.717) is 22.7 Å². The Balaban J connectivity index is 1.65. The molecule has 7 nitrogen and oxygen atoms in total. The number of nitrogens with zero attached hydrogens (tertiary/aromatic N) is 4. The fourth-order valence-corrected chi connectivity index (χ4v) is 2.93. The number of nitrogens with one attached hydrogen (secondary N) is 1. The van der Waals surface area contributed by atoms with Gasteiger partial charge in [0.15, 0.2) is 11.5 Å². The van der Waals surface area contributed by atoms with Gasteiger partial charge in [0.1, 0.15) is 11.4 Å². The van der Waals surface area contributed by atoms with Gasteiger partial charge in [0, 0.05) is 16.7 Å². The first kappa shape index (κ1) is 19.1. The first-order valence-corrected chi connectivity index (χ1v) is 9.27. The van der Waals surface area contributed by atoms with Crippen molar-refractivity contribution in [3.05, 3.63) is 84.4 Å². The summed E-state index contributed by atoms with van der Waals surface area (Å²) in [5.74, 6) is 0.622. The van der Waals surface area contributed by atoms with E-state index in [1.807, 2.05) is 60.7 Å². The zero-order valence-electron chi connectivity index (χ0n) is 16.2. The lowest BCUT2D eigenvalue weighted by Gasteiger charge is -2.09. The van der Waals surface area contributed by atoms with E-state index in [1.54, 1.807) is 18.2 Å². The van der Waals surface area contributed by atoms with E-state index in [-0.39, 0.29) is 11.7 Å². The molecule has 4 aromatic rings. The third-order valence-corrected chi connectivity index (χ3v) is 4.40. The molecule has 1 heterocycles. The van der Waals surface area contributed by atoms with E-state index in [1.165, 1.54) is 13.3 Å². The largest absolute Gasteiger partial charge is 0.504 e. The van der Waals surface area contributed by atoms with Gasteiger partial charge in [-0.25, -0.2) is 10.4 Å². The lowest BCUT2D eigenvalue weighted by Crippen LogP contribution is -2.03. The number of phenols is 1. The molecule has 7 heteroatoms. The highest BCUT2D eigenvalue weighted by Crippen LogP contribution is 2.29. The smallest absolute Gasteiger partial charge is 0.263 e. The molecule has 148 valence electrons. The molecule has 1 aromatic heterocycles. The van der Waals surface area contributed by atoms with Gasteiger partial charge in [-0.2, -0.15) is 5.10 Å². The van der Waals surface area contributed by atoms with Crippen molar-refractivity contribution < 1.29 is 9.84 Å². The molecule has 0 fully saturated rings. The Hall–Kier alpha value is -4.26. The average molecular weight is 397 g/mol. The third-order valence-electron chi connectivity index (χ3n) is 4.40. The van der Waals surface area contributed by atoms with Crippen molar-refractivity contribution in [2.75, 3.05) is 12.5 Å². The van der Waals surface area contributed by atoms with Crippen molar-refractivity contribution in [2.45, 2.75) is 0 Å². The molecule has 0 saturated carbocycles. The zero-order chi connectivity index (χ0) is 20.8. The number of anilines is 1. The predicted octanol–water partition coefficient (Wildman–Crippen LogP) is 4.37. The van der Waals surface area contributed by atoms with E-state index in [0.717, 1.165) is 11.1 Å². The van der Waals surface area contributed by atoms with Gasteiger partial charge in [-0.1, -0.05) is 66.7 Å². The SMILES string of the molecule is COc1cccc(/C=N\Nc2nnc(-c3ccccc3)c(-c3ccccc3)n2)c1O. The van der Waals surface area contributed by atoms with Crippen molar-refractivity contribution in [3.63, 3.8) is 0 Å². The Morgan fingerprint density at radius 3 is 2.17 bits per heavy atom. The van der Waals surface area contributed by atoms with Gasteiger partial charge in [0.05, 0.1) is 13.3 Å². The number of ether oxygens (including phenoxy) is 1. The van der Waals surface area contributed by atoms with Gasteiger partial charge in [-0.3, -0.25) is 0 Å². The molecule has 0 aliphatic heterocycles. The van der Waals surface area contributed by atoms with Crippen LogP contribution in [0.4, 0.5) is 5.95 Å². The maximum absolute atomic E-state index is 10.2. The molecular formula is C23H19N5O2. The van der Waals surface area contributed by atoms with Crippen LogP contribution in [0.2, 0.25) is 0 Å². The summed E-state index contributed by atoms with van der Waals surface area (Å²) in [4.78, 5) is 4.62. The number of aromatic nitrogens is 3. The first-order chi connectivity index (χ1) is 14.8. The Bertz CT molecular complexity index is 1160. The van der Waals surface area contributed by atoms with Crippen LogP contribution in [0.1, 0.15) is 5.56 Å². The molecule has 30 heavy (non-hydrogen) atoms. The first-order valence-electron chi connectivity index (χ1n) is 9.27. The van der Waals surface area contributed by atoms with Gasteiger partial charge in [-0.05, 0) is 12.1 Å². The molecular weight excluding hydrogens is 378 g/mol. The molecule has 2 N–H and O–H groups in total. The Morgan fingerprint density at radius 2 is 1.50 bits per heavy atom. The minimum Gasteiger partial charge on any atom is -0.504 e. The molecule has 0 aliphatic carbocycles. The van der Waals surface area contributed by atoms with Crippen molar-refractivity contribution in [3.8, 4) is 34.0 Å². The molecule has 0 atom stereocenters. The van der Waals surface area contributed by atoms with E-state index >= 15 is 0 Å². The fourth-order valence-electron chi connectivity index (χ4n) is 2.93. The second kappa shape index (κ2) is 8.83. The Morgan fingerprint density at radius 1 is 0.833 bits per heavy atom. The zero-order valence-corrected chi connectivity index (χ0v) is 16.2. The number of methoxy groups -OCH3 is 1. The molecule has 3 aromatic carbocycles. The standard InChI is InChI=1S/C23H19N5O2/c1-30-19-14-8-13-18(22(19)29)15-24-27-23-25-20(16-9-4-2-5-10-16)21(26-28-23)17-11-6-3-7-12-17/h2-15,29H,1H3,(H,25,27,28)/b24-15-. The summed E-state index contributed by atoms with van der Waals surface area (Å²) >= 11 is 0. The van der Waals surface area contributed by atoms with Gasteiger partial charge in [-0.15, -0.1) is 10.2 Å². The summed E-state index contributed by atoms with van der Waals surface area (Å²) in [7, 11) is 1.49. The minimum atomic E-state index is 0.00833. The highest BCUT2D eigenvalue weighted by Gasteiger charge is 2.13. The van der Waals surface area contributed by atoms with Gasteiger partial charge < -0.3 is 9.84 Å². The monoisotopic (exact) mass is 397 g/mol. The van der Waals surface area contributed by atoms with E-state index in [9.17, 15) is 5.11 Å². The fraction of sp³-hybridized carbons (Fsp3) is 0.0435. The summed E-state index contributed by atoms with van der Waals surface area (Å²) < 4.78 is 5.10. The maximum Gasteiger partial charge on any atom is 0.263 e. The summed E-state index contributed by atoms with van der Waals surface area (Å²) in [6.07, 6.45) is 1.47. The number of hydrazone groups is 1. The molecule has 0 amide bonds. The average Bonchev–Trinajstić information content (AvgIpc) is 2.81. The van der Waals surface area contributed by atoms with Gasteiger partial charge in [0.2, 0.25) is 0 Å². The molecule has 0 unspecified atom stereocenters. The van der Waals surface area contributed by atoms with Crippen molar-refractivity contribution >= 4 is 12.2 Å². The van der Waals surface area contributed by atoms with Crippen LogP contribution in [0.15, 0.2) is 84.0 Å². The third kappa shape index (κ3) is 4.10. The summed E-state index contributed by atoms with van der Waals surface area (Å²) in [5, 5.41) is 22.8. The van der Waals surface area contributed by atoms with E-state index in [4.69, 9.17) is 4.74 Å². The van der Waals surface area contributed by atoms with Gasteiger partial charge in [0.25, 0.3) is 5.95 Å². The van der Waals surface area contributed by atoms with Gasteiger partial charge >= 0.3 is 0 Å². The minimum absolute atomic E-state index is 0.00833. The van der Waals surface area contributed by atoms with Crippen molar-refractivity contribution in [2.24, 2.45) is 5.10 Å². The highest BCUT2D eigenvalue weighted by atomic mass is 16.5. The molecule has 0 bridgehead atoms. The van der Waals surface area contributed by atoms with Crippen LogP contribution in [0, 0.1) is 0 Å². The van der Waals surface area contributed by atoms with Crippen molar-refractivity contribution in [1.29, 1.82) is 0 Å². The Kier molecular flexibility index (Phi) is 5.61. The maximum atomic E-state index is 10.2. The number of hydrogen-bond donors (Lipinski definition) is 2. The lowest BCUT2D eigenvalue weighted by molar-refractivity contribution is 0.373. The van der Waals surface area contributed by atoms with E-state index in [2.05, 4.69) is 25.7 Å². The van der Waals surface area contributed by atoms with Crippen LogP contribution in [-0.4, -0.2) is 33.6 Å². The number of aromatic hydroxyl groups is 1.